The van der Waals surface area contributed by atoms with Crippen molar-refractivity contribution in [3.8, 4) is 11.3 Å². The predicted molar refractivity (Wildman–Crippen MR) is 159 cm³/mol. The Morgan fingerprint density at radius 3 is 2.71 bits per heavy atom. The van der Waals surface area contributed by atoms with Gasteiger partial charge in [-0.2, -0.15) is 0 Å². The molecule has 2 aromatic heterocycles. The maximum Gasteiger partial charge on any atom is 0.239 e. The van der Waals surface area contributed by atoms with Crippen molar-refractivity contribution in [2.24, 2.45) is 5.73 Å². The molecule has 10 nitrogen and oxygen atoms in total. The second-order valence-electron chi connectivity index (χ2n) is 10.7. The molecule has 6 rings (SSSR count). The molecule has 2 aliphatic heterocycles. The van der Waals surface area contributed by atoms with E-state index in [-0.39, 0.29) is 11.7 Å². The highest BCUT2D eigenvalue weighted by atomic mass is 32.2. The standard InChI is InChI=1S/C29H34FN7O3S/c1-19(20-4-2-6-23(14-20)37-9-3-5-22(31)17-37)41(38,39)35-26-8-7-21(15-25(26)30)27-16-24-28(34-27)32-18-33-29(24)36-10-12-40-13-11-36/h2,4,6-8,14-16,18-19,22,35H,3,5,9-13,17,31H2,1H3,(H,32,33,34)/t19?,22-/m1/s1. The summed E-state index contributed by atoms with van der Waals surface area (Å²) in [5.74, 6) is 0.124. The average molecular weight is 580 g/mol. The zero-order chi connectivity index (χ0) is 28.6. The molecule has 0 aliphatic carbocycles. The number of hydrogen-bond donors (Lipinski definition) is 3. The number of aromatic amines is 1. The fraction of sp³-hybridized carbons (Fsp3) is 0.379. The Kier molecular flexibility index (Phi) is 7.54. The number of rotatable bonds is 7. The van der Waals surface area contributed by atoms with E-state index in [9.17, 15) is 8.42 Å². The van der Waals surface area contributed by atoms with E-state index < -0.39 is 21.1 Å². The van der Waals surface area contributed by atoms with Gasteiger partial charge in [0.1, 0.15) is 28.9 Å². The van der Waals surface area contributed by atoms with Gasteiger partial charge in [0.05, 0.1) is 24.3 Å². The maximum absolute atomic E-state index is 15.3. The number of benzene rings is 2. The normalized spacial score (nSPS) is 19.0. The first-order valence-electron chi connectivity index (χ1n) is 13.9. The van der Waals surface area contributed by atoms with Crippen LogP contribution in [0.25, 0.3) is 22.3 Å². The van der Waals surface area contributed by atoms with E-state index in [2.05, 4.69) is 29.5 Å². The molecular weight excluding hydrogens is 545 g/mol. The largest absolute Gasteiger partial charge is 0.378 e. The summed E-state index contributed by atoms with van der Waals surface area (Å²) in [4.78, 5) is 16.4. The Bertz CT molecular complexity index is 1660. The molecule has 2 atom stereocenters. The third-order valence-electron chi connectivity index (χ3n) is 7.88. The van der Waals surface area contributed by atoms with Crippen molar-refractivity contribution >= 4 is 38.2 Å². The van der Waals surface area contributed by atoms with E-state index in [0.29, 0.717) is 35.7 Å². The fourth-order valence-electron chi connectivity index (χ4n) is 5.51. The van der Waals surface area contributed by atoms with Crippen LogP contribution in [0.5, 0.6) is 0 Å². The van der Waals surface area contributed by atoms with E-state index in [1.165, 1.54) is 18.5 Å². The molecule has 4 aromatic rings. The number of anilines is 3. The first-order valence-corrected chi connectivity index (χ1v) is 15.4. The molecule has 12 heteroatoms. The van der Waals surface area contributed by atoms with Gasteiger partial charge < -0.3 is 25.3 Å². The number of ether oxygens (including phenoxy) is 1. The van der Waals surface area contributed by atoms with Crippen molar-refractivity contribution in [3.63, 3.8) is 0 Å². The molecule has 0 radical (unpaired) electrons. The zero-order valence-corrected chi connectivity index (χ0v) is 23.7. The average Bonchev–Trinajstić information content (AvgIpc) is 3.43. The number of piperidine rings is 1. The molecule has 2 aliphatic rings. The lowest BCUT2D eigenvalue weighted by Gasteiger charge is -2.33. The highest BCUT2D eigenvalue weighted by Crippen LogP contribution is 2.33. The van der Waals surface area contributed by atoms with Crippen LogP contribution < -0.4 is 20.3 Å². The minimum atomic E-state index is -3.94. The Labute approximate surface area is 238 Å². The topological polar surface area (TPSA) is 129 Å². The first-order chi connectivity index (χ1) is 19.8. The van der Waals surface area contributed by atoms with E-state index >= 15 is 4.39 Å². The van der Waals surface area contributed by atoms with E-state index in [4.69, 9.17) is 10.5 Å². The molecule has 0 spiro atoms. The van der Waals surface area contributed by atoms with Gasteiger partial charge in [0.25, 0.3) is 0 Å². The fourth-order valence-corrected chi connectivity index (χ4v) is 6.67. The van der Waals surface area contributed by atoms with Crippen LogP contribution in [0, 0.1) is 5.82 Å². The lowest BCUT2D eigenvalue weighted by Crippen LogP contribution is -2.42. The number of hydrogen-bond acceptors (Lipinski definition) is 8. The van der Waals surface area contributed by atoms with Crippen LogP contribution in [0.2, 0.25) is 0 Å². The highest BCUT2D eigenvalue weighted by Gasteiger charge is 2.26. The monoisotopic (exact) mass is 579 g/mol. The molecule has 0 saturated carbocycles. The number of morpholine rings is 1. The summed E-state index contributed by atoms with van der Waals surface area (Å²) in [5.41, 5.74) is 9.46. The zero-order valence-electron chi connectivity index (χ0n) is 22.9. The van der Waals surface area contributed by atoms with Gasteiger partial charge in [-0.3, -0.25) is 4.72 Å². The van der Waals surface area contributed by atoms with E-state index in [1.54, 1.807) is 19.1 Å². The van der Waals surface area contributed by atoms with Crippen LogP contribution in [-0.4, -0.2) is 68.8 Å². The van der Waals surface area contributed by atoms with Gasteiger partial charge in [-0.25, -0.2) is 22.8 Å². The van der Waals surface area contributed by atoms with Gasteiger partial charge in [0, 0.05) is 49.2 Å². The number of fused-ring (bicyclic) bond motifs is 1. The van der Waals surface area contributed by atoms with Crippen molar-refractivity contribution in [2.45, 2.75) is 31.1 Å². The molecule has 2 saturated heterocycles. The SMILES string of the molecule is CC(c1cccc(N2CCC[C@@H](N)C2)c1)S(=O)(=O)Nc1ccc(-c2cc3c(N4CCOCC4)ncnc3[nH]2)cc1F. The van der Waals surface area contributed by atoms with Gasteiger partial charge >= 0.3 is 0 Å². The molecule has 0 bridgehead atoms. The molecule has 4 N–H and O–H groups in total. The molecule has 1 unspecified atom stereocenters. The first kappa shape index (κ1) is 27.4. The lowest BCUT2D eigenvalue weighted by atomic mass is 10.0. The minimum absolute atomic E-state index is 0.102. The van der Waals surface area contributed by atoms with Crippen molar-refractivity contribution in [3.05, 3.63) is 66.2 Å². The number of sulfonamides is 1. The second-order valence-corrected chi connectivity index (χ2v) is 12.7. The third kappa shape index (κ3) is 5.72. The molecule has 0 amide bonds. The highest BCUT2D eigenvalue weighted by molar-refractivity contribution is 7.92. The molecule has 2 aromatic carbocycles. The number of aromatic nitrogens is 3. The Morgan fingerprint density at radius 1 is 1.10 bits per heavy atom. The van der Waals surface area contributed by atoms with Gasteiger partial charge in [-0.1, -0.05) is 18.2 Å². The van der Waals surface area contributed by atoms with Crippen LogP contribution in [0.3, 0.4) is 0 Å². The summed E-state index contributed by atoms with van der Waals surface area (Å²) < 4.78 is 49.8. The predicted octanol–water partition coefficient (Wildman–Crippen LogP) is 4.03. The molecule has 2 fully saturated rings. The van der Waals surface area contributed by atoms with Crippen LogP contribution in [0.4, 0.5) is 21.6 Å². The van der Waals surface area contributed by atoms with Crippen LogP contribution in [-0.2, 0) is 14.8 Å². The van der Waals surface area contributed by atoms with Gasteiger partial charge in [0.15, 0.2) is 0 Å². The summed E-state index contributed by atoms with van der Waals surface area (Å²) in [7, 11) is -3.94. The van der Waals surface area contributed by atoms with Crippen LogP contribution >= 0.6 is 0 Å². The van der Waals surface area contributed by atoms with Crippen molar-refractivity contribution in [2.75, 3.05) is 53.9 Å². The maximum atomic E-state index is 15.3. The summed E-state index contributed by atoms with van der Waals surface area (Å²) in [6.45, 7) is 5.93. The molecule has 216 valence electrons. The van der Waals surface area contributed by atoms with Crippen LogP contribution in [0.15, 0.2) is 54.9 Å². The molecular formula is C29H34FN7O3S. The lowest BCUT2D eigenvalue weighted by molar-refractivity contribution is 0.122. The Morgan fingerprint density at radius 2 is 1.93 bits per heavy atom. The van der Waals surface area contributed by atoms with Crippen molar-refractivity contribution < 1.29 is 17.5 Å². The number of nitrogens with zero attached hydrogens (tertiary/aromatic N) is 4. The number of halogens is 1. The van der Waals surface area contributed by atoms with Gasteiger partial charge in [0.2, 0.25) is 10.0 Å². The van der Waals surface area contributed by atoms with Crippen LogP contribution in [0.1, 0.15) is 30.6 Å². The van der Waals surface area contributed by atoms with E-state index in [1.807, 2.05) is 24.3 Å². The summed E-state index contributed by atoms with van der Waals surface area (Å²) >= 11 is 0. The Balaban J connectivity index is 1.21. The van der Waals surface area contributed by atoms with Gasteiger partial charge in [-0.05, 0) is 55.7 Å². The quantitative estimate of drug-likeness (QED) is 0.299. The molecule has 4 heterocycles. The summed E-state index contributed by atoms with van der Waals surface area (Å²) in [6, 6.07) is 13.9. The molecule has 41 heavy (non-hydrogen) atoms. The summed E-state index contributed by atoms with van der Waals surface area (Å²) in [6.07, 6.45) is 3.49. The smallest absolute Gasteiger partial charge is 0.239 e. The number of nitrogens with one attached hydrogen (secondary N) is 2. The number of nitrogens with two attached hydrogens (primary N) is 1. The minimum Gasteiger partial charge on any atom is -0.378 e. The summed E-state index contributed by atoms with van der Waals surface area (Å²) in [5, 5.41) is -0.0666. The second kappa shape index (κ2) is 11.3. The Hall–Kier alpha value is -3.74. The van der Waals surface area contributed by atoms with Gasteiger partial charge in [-0.15, -0.1) is 0 Å². The van der Waals surface area contributed by atoms with Crippen molar-refractivity contribution in [1.82, 2.24) is 15.0 Å². The van der Waals surface area contributed by atoms with E-state index in [0.717, 1.165) is 55.9 Å². The number of H-pyrrole nitrogens is 1. The van der Waals surface area contributed by atoms with Crippen molar-refractivity contribution in [1.29, 1.82) is 0 Å². The third-order valence-corrected chi connectivity index (χ3v) is 9.58.